The zero-order chi connectivity index (χ0) is 18.4. The summed E-state index contributed by atoms with van der Waals surface area (Å²) in [6.45, 7) is 0.377. The molecule has 0 aliphatic heterocycles. The zero-order valence-corrected chi connectivity index (χ0v) is 14.3. The summed E-state index contributed by atoms with van der Waals surface area (Å²) >= 11 is 0. The van der Waals surface area contributed by atoms with Crippen LogP contribution in [-0.2, 0) is 19.7 Å². The van der Waals surface area contributed by atoms with Gasteiger partial charge in [-0.2, -0.15) is 0 Å². The highest BCUT2D eigenvalue weighted by Crippen LogP contribution is 2.09. The summed E-state index contributed by atoms with van der Waals surface area (Å²) in [5.41, 5.74) is 2.31. The Hall–Kier alpha value is -3.18. The molecule has 0 bridgehead atoms. The standard InChI is InChI=1S/C21H20N2O3/c24-15-18-11-20(25)23(13-17-9-5-2-6-10-17)14-19(18)21(26)22-12-16-7-3-1-4-8-16/h1-11,14,24H,12-13,15H2,(H,22,26). The molecule has 1 amide bonds. The van der Waals surface area contributed by atoms with Crippen LogP contribution in [0, 0.1) is 0 Å². The number of amides is 1. The Morgan fingerprint density at radius 3 is 2.19 bits per heavy atom. The average molecular weight is 348 g/mol. The van der Waals surface area contributed by atoms with Gasteiger partial charge in [-0.05, 0) is 16.7 Å². The molecule has 5 nitrogen and oxygen atoms in total. The summed E-state index contributed by atoms with van der Waals surface area (Å²) in [5, 5.41) is 12.4. The van der Waals surface area contributed by atoms with Gasteiger partial charge in [0.1, 0.15) is 0 Å². The number of benzene rings is 2. The second-order valence-corrected chi connectivity index (χ2v) is 5.99. The van der Waals surface area contributed by atoms with Crippen molar-refractivity contribution in [2.75, 3.05) is 0 Å². The molecule has 0 spiro atoms. The van der Waals surface area contributed by atoms with Gasteiger partial charge in [-0.25, -0.2) is 0 Å². The first-order chi connectivity index (χ1) is 12.7. The first-order valence-corrected chi connectivity index (χ1v) is 8.37. The van der Waals surface area contributed by atoms with Gasteiger partial charge in [0.2, 0.25) is 0 Å². The van der Waals surface area contributed by atoms with E-state index in [4.69, 9.17) is 0 Å². The Balaban J connectivity index is 1.83. The number of rotatable bonds is 6. The normalized spacial score (nSPS) is 10.5. The van der Waals surface area contributed by atoms with Crippen LogP contribution in [0.4, 0.5) is 0 Å². The predicted molar refractivity (Wildman–Crippen MR) is 99.8 cm³/mol. The van der Waals surface area contributed by atoms with E-state index in [2.05, 4.69) is 5.32 Å². The summed E-state index contributed by atoms with van der Waals surface area (Å²) in [6.07, 6.45) is 1.52. The number of hydrogen-bond donors (Lipinski definition) is 2. The minimum Gasteiger partial charge on any atom is -0.392 e. The molecule has 5 heteroatoms. The second-order valence-electron chi connectivity index (χ2n) is 5.99. The van der Waals surface area contributed by atoms with Crippen molar-refractivity contribution >= 4 is 5.91 Å². The van der Waals surface area contributed by atoms with Crippen LogP contribution in [0.3, 0.4) is 0 Å². The Bertz CT molecular complexity index is 934. The molecule has 0 radical (unpaired) electrons. The zero-order valence-electron chi connectivity index (χ0n) is 14.3. The molecule has 1 heterocycles. The molecule has 0 saturated heterocycles. The number of aliphatic hydroxyl groups excluding tert-OH is 1. The van der Waals surface area contributed by atoms with E-state index in [1.807, 2.05) is 60.7 Å². The molecule has 26 heavy (non-hydrogen) atoms. The van der Waals surface area contributed by atoms with Crippen molar-refractivity contribution in [3.05, 3.63) is 106 Å². The van der Waals surface area contributed by atoms with Gasteiger partial charge in [-0.3, -0.25) is 9.59 Å². The van der Waals surface area contributed by atoms with Gasteiger partial charge in [-0.15, -0.1) is 0 Å². The highest BCUT2D eigenvalue weighted by molar-refractivity contribution is 5.95. The van der Waals surface area contributed by atoms with Crippen LogP contribution in [0.2, 0.25) is 0 Å². The smallest absolute Gasteiger partial charge is 0.253 e. The lowest BCUT2D eigenvalue weighted by Crippen LogP contribution is -2.28. The van der Waals surface area contributed by atoms with Crippen LogP contribution < -0.4 is 10.9 Å². The number of carbonyl (C=O) groups excluding carboxylic acids is 1. The summed E-state index contributed by atoms with van der Waals surface area (Å²) in [6, 6.07) is 20.4. The third-order valence-electron chi connectivity index (χ3n) is 4.12. The first kappa shape index (κ1) is 17.6. The maximum absolute atomic E-state index is 12.6. The van der Waals surface area contributed by atoms with E-state index in [0.717, 1.165) is 11.1 Å². The lowest BCUT2D eigenvalue weighted by Gasteiger charge is -2.12. The van der Waals surface area contributed by atoms with Crippen LogP contribution in [0.25, 0.3) is 0 Å². The van der Waals surface area contributed by atoms with E-state index >= 15 is 0 Å². The lowest BCUT2D eigenvalue weighted by atomic mass is 10.1. The Morgan fingerprint density at radius 2 is 1.58 bits per heavy atom. The molecule has 2 aromatic carbocycles. The minimum atomic E-state index is -0.366. The number of hydrogen-bond acceptors (Lipinski definition) is 3. The number of aliphatic hydroxyl groups is 1. The predicted octanol–water partition coefficient (Wildman–Crippen LogP) is 2.32. The molecule has 0 saturated carbocycles. The van der Waals surface area contributed by atoms with E-state index < -0.39 is 0 Å². The van der Waals surface area contributed by atoms with Gasteiger partial charge in [0, 0.05) is 18.8 Å². The van der Waals surface area contributed by atoms with Crippen LogP contribution in [0.1, 0.15) is 27.0 Å². The third kappa shape index (κ3) is 4.26. The molecule has 3 aromatic rings. The molecule has 0 aliphatic rings. The van der Waals surface area contributed by atoms with E-state index in [1.165, 1.54) is 16.8 Å². The summed E-state index contributed by atoms with van der Waals surface area (Å²) in [7, 11) is 0. The van der Waals surface area contributed by atoms with Gasteiger partial charge in [-0.1, -0.05) is 60.7 Å². The summed E-state index contributed by atoms with van der Waals surface area (Å²) in [4.78, 5) is 24.9. The van der Waals surface area contributed by atoms with Crippen LogP contribution >= 0.6 is 0 Å². The summed E-state index contributed by atoms with van der Waals surface area (Å²) in [5.74, 6) is -0.320. The van der Waals surface area contributed by atoms with E-state index in [0.29, 0.717) is 24.2 Å². The van der Waals surface area contributed by atoms with Crippen LogP contribution in [-0.4, -0.2) is 15.6 Å². The number of nitrogens with one attached hydrogen (secondary N) is 1. The molecular formula is C21H20N2O3. The Morgan fingerprint density at radius 1 is 0.962 bits per heavy atom. The highest BCUT2D eigenvalue weighted by atomic mass is 16.3. The quantitative estimate of drug-likeness (QED) is 0.718. The minimum absolute atomic E-state index is 0.252. The number of carbonyl (C=O) groups is 1. The van der Waals surface area contributed by atoms with Crippen molar-refractivity contribution in [2.24, 2.45) is 0 Å². The highest BCUT2D eigenvalue weighted by Gasteiger charge is 2.14. The number of aromatic nitrogens is 1. The fraction of sp³-hybridized carbons (Fsp3) is 0.143. The van der Waals surface area contributed by atoms with Crippen molar-refractivity contribution in [3.8, 4) is 0 Å². The Kier molecular flexibility index (Phi) is 5.61. The van der Waals surface area contributed by atoms with E-state index in [1.54, 1.807) is 0 Å². The fourth-order valence-corrected chi connectivity index (χ4v) is 2.72. The van der Waals surface area contributed by atoms with Crippen molar-refractivity contribution in [1.82, 2.24) is 9.88 Å². The molecular weight excluding hydrogens is 328 g/mol. The Labute approximate surface area is 151 Å². The molecule has 0 atom stereocenters. The molecule has 3 rings (SSSR count). The average Bonchev–Trinajstić information content (AvgIpc) is 2.69. The lowest BCUT2D eigenvalue weighted by molar-refractivity contribution is 0.0947. The maximum atomic E-state index is 12.6. The summed E-state index contributed by atoms with van der Waals surface area (Å²) < 4.78 is 1.48. The molecule has 2 N–H and O–H groups in total. The van der Waals surface area contributed by atoms with Gasteiger partial charge < -0.3 is 15.0 Å². The monoisotopic (exact) mass is 348 g/mol. The largest absolute Gasteiger partial charge is 0.392 e. The number of nitrogens with zero attached hydrogens (tertiary/aromatic N) is 1. The second kappa shape index (κ2) is 8.27. The van der Waals surface area contributed by atoms with Gasteiger partial charge in [0.15, 0.2) is 0 Å². The van der Waals surface area contributed by atoms with E-state index in [-0.39, 0.29) is 18.1 Å². The molecule has 0 fully saturated rings. The van der Waals surface area contributed by atoms with Crippen molar-refractivity contribution in [3.63, 3.8) is 0 Å². The molecule has 132 valence electrons. The SMILES string of the molecule is O=C(NCc1ccccc1)c1cn(Cc2ccccc2)c(=O)cc1CO. The fourth-order valence-electron chi connectivity index (χ4n) is 2.72. The van der Waals surface area contributed by atoms with Gasteiger partial charge in [0.05, 0.1) is 18.7 Å². The van der Waals surface area contributed by atoms with Crippen molar-refractivity contribution < 1.29 is 9.90 Å². The first-order valence-electron chi connectivity index (χ1n) is 8.37. The number of pyridine rings is 1. The topological polar surface area (TPSA) is 71.3 Å². The van der Waals surface area contributed by atoms with Gasteiger partial charge >= 0.3 is 0 Å². The maximum Gasteiger partial charge on any atom is 0.253 e. The third-order valence-corrected chi connectivity index (χ3v) is 4.12. The molecule has 0 unspecified atom stereocenters. The molecule has 0 aliphatic carbocycles. The van der Waals surface area contributed by atoms with E-state index in [9.17, 15) is 14.7 Å². The van der Waals surface area contributed by atoms with Gasteiger partial charge in [0.25, 0.3) is 11.5 Å². The molecule has 1 aromatic heterocycles. The van der Waals surface area contributed by atoms with Crippen LogP contribution in [0.15, 0.2) is 77.7 Å². The van der Waals surface area contributed by atoms with Crippen LogP contribution in [0.5, 0.6) is 0 Å². The van der Waals surface area contributed by atoms with Crippen molar-refractivity contribution in [2.45, 2.75) is 19.7 Å². The van der Waals surface area contributed by atoms with Crippen molar-refractivity contribution in [1.29, 1.82) is 0 Å².